The number of nitrogens with zero attached hydrogens (tertiary/aromatic N) is 1. The van der Waals surface area contributed by atoms with Crippen LogP contribution in [0.1, 0.15) is 29.5 Å². The van der Waals surface area contributed by atoms with Gasteiger partial charge >= 0.3 is 0 Å². The van der Waals surface area contributed by atoms with E-state index >= 15 is 0 Å². The number of carbonyl (C=O) groups is 1. The van der Waals surface area contributed by atoms with Crippen LogP contribution in [0.4, 0.5) is 5.69 Å². The number of rotatable bonds is 5. The number of nitrogens with one attached hydrogen (secondary N) is 2. The third-order valence-corrected chi connectivity index (χ3v) is 7.72. The van der Waals surface area contributed by atoms with E-state index in [9.17, 15) is 14.9 Å². The van der Waals surface area contributed by atoms with Crippen molar-refractivity contribution >= 4 is 46.4 Å². The molecule has 0 aliphatic carbocycles. The number of nitro groups is 1. The molecule has 0 saturated carbocycles. The summed E-state index contributed by atoms with van der Waals surface area (Å²) in [6.07, 6.45) is 0. The monoisotopic (exact) mass is 531 g/mol. The van der Waals surface area contributed by atoms with Crippen LogP contribution in [0.25, 0.3) is 0 Å². The zero-order valence-electron chi connectivity index (χ0n) is 18.4. The average molecular weight is 533 g/mol. The fraction of sp³-hybridized carbons (Fsp3) is 0.240. The lowest BCUT2D eigenvalue weighted by Gasteiger charge is -2.25. The first-order valence-corrected chi connectivity index (χ1v) is 12.0. The van der Waals surface area contributed by atoms with Gasteiger partial charge < -0.3 is 10.1 Å². The van der Waals surface area contributed by atoms with Crippen molar-refractivity contribution in [2.75, 3.05) is 5.32 Å². The molecule has 10 heteroatoms. The molecule has 35 heavy (non-hydrogen) atoms. The summed E-state index contributed by atoms with van der Waals surface area (Å²) in [6.45, 7) is 2.06. The number of carbonyl (C=O) groups excluding carboxylic acids is 1. The van der Waals surface area contributed by atoms with Gasteiger partial charge in [0.25, 0.3) is 11.9 Å². The molecule has 180 valence electrons. The van der Waals surface area contributed by atoms with E-state index in [1.807, 2.05) is 6.92 Å². The maximum atomic E-state index is 13.1. The second-order valence-corrected chi connectivity index (χ2v) is 9.95. The Bertz CT molecular complexity index is 1350. The lowest BCUT2D eigenvalue weighted by atomic mass is 9.78. The maximum absolute atomic E-state index is 13.1. The molecule has 4 atom stereocenters. The topological polar surface area (TPSA) is 93.5 Å². The largest absolute Gasteiger partial charge is 0.487 e. The zero-order chi connectivity index (χ0) is 24.9. The summed E-state index contributed by atoms with van der Waals surface area (Å²) in [4.78, 5) is 25.2. The van der Waals surface area contributed by atoms with Gasteiger partial charge in [-0.1, -0.05) is 65.1 Å². The Labute approximate surface area is 216 Å². The number of anilines is 1. The molecule has 2 N–H and O–H groups in total. The first kappa shape index (κ1) is 23.9. The van der Waals surface area contributed by atoms with Gasteiger partial charge in [0.05, 0.1) is 21.0 Å². The third kappa shape index (κ3) is 3.93. The van der Waals surface area contributed by atoms with E-state index in [-0.39, 0.29) is 17.6 Å². The summed E-state index contributed by atoms with van der Waals surface area (Å²) < 4.78 is 5.85. The van der Waals surface area contributed by atoms with Gasteiger partial charge in [-0.15, -0.1) is 0 Å². The minimum absolute atomic E-state index is 0.217. The second-order valence-electron chi connectivity index (χ2n) is 8.72. The van der Waals surface area contributed by atoms with E-state index in [4.69, 9.17) is 39.5 Å². The highest BCUT2D eigenvalue weighted by Gasteiger charge is 2.67. The Morgan fingerprint density at radius 3 is 2.51 bits per heavy atom. The minimum Gasteiger partial charge on any atom is -0.487 e. The SMILES string of the molecule is C[C@@H]1N[C@]2(C(=O)Nc3ccccc32)[C@@H]([N+](=O)[O-])[C@@H]1c1ccc(OCc2ccc(Cl)c(Cl)c2)c(Cl)c1. The molecule has 1 fully saturated rings. The van der Waals surface area contributed by atoms with Crippen LogP contribution in [-0.2, 0) is 16.9 Å². The zero-order valence-corrected chi connectivity index (χ0v) is 20.7. The highest BCUT2D eigenvalue weighted by molar-refractivity contribution is 6.42. The number of fused-ring (bicyclic) bond motifs is 2. The number of ether oxygens (including phenoxy) is 1. The van der Waals surface area contributed by atoms with E-state index < -0.39 is 23.4 Å². The maximum Gasteiger partial charge on any atom is 0.256 e. The summed E-state index contributed by atoms with van der Waals surface area (Å²) >= 11 is 18.5. The molecule has 1 amide bonds. The Kier molecular flexibility index (Phi) is 6.13. The van der Waals surface area contributed by atoms with Crippen molar-refractivity contribution in [3.8, 4) is 5.75 Å². The Hall–Kier alpha value is -2.84. The van der Waals surface area contributed by atoms with Gasteiger partial charge in [-0.3, -0.25) is 20.2 Å². The molecule has 1 spiro atoms. The number of amides is 1. The van der Waals surface area contributed by atoms with Crippen LogP contribution in [0.15, 0.2) is 60.7 Å². The standard InChI is InChI=1S/C25H20Cl3N3O4/c1-13-22(23(31(33)34)25(30-13)16-4-2-3-5-20(16)29-24(25)32)15-7-9-21(19(28)11-15)35-12-14-6-8-17(26)18(27)10-14/h2-11,13,22-23,30H,12H2,1H3,(H,29,32)/t13-,22-,23-,25-/m0/s1. The van der Waals surface area contributed by atoms with E-state index in [0.29, 0.717) is 37.6 Å². The lowest BCUT2D eigenvalue weighted by molar-refractivity contribution is -0.532. The Morgan fingerprint density at radius 1 is 1.03 bits per heavy atom. The van der Waals surface area contributed by atoms with E-state index in [2.05, 4.69) is 10.6 Å². The molecule has 5 rings (SSSR count). The van der Waals surface area contributed by atoms with Crippen molar-refractivity contribution < 1.29 is 14.5 Å². The van der Waals surface area contributed by atoms with Crippen LogP contribution >= 0.6 is 34.8 Å². The normalized spacial score (nSPS) is 24.9. The highest BCUT2D eigenvalue weighted by atomic mass is 35.5. The van der Waals surface area contributed by atoms with E-state index in [1.54, 1.807) is 60.7 Å². The molecule has 7 nitrogen and oxygen atoms in total. The number of para-hydroxylation sites is 1. The lowest BCUT2D eigenvalue weighted by Crippen LogP contribution is -2.54. The van der Waals surface area contributed by atoms with Crippen molar-refractivity contribution in [3.05, 3.63) is 103 Å². The van der Waals surface area contributed by atoms with Crippen LogP contribution < -0.4 is 15.4 Å². The highest BCUT2D eigenvalue weighted by Crippen LogP contribution is 2.50. The molecule has 2 heterocycles. The van der Waals surface area contributed by atoms with Gasteiger partial charge in [0.15, 0.2) is 5.54 Å². The summed E-state index contributed by atoms with van der Waals surface area (Å²) in [7, 11) is 0. The second kappa shape index (κ2) is 8.99. The Balaban J connectivity index is 1.45. The van der Waals surface area contributed by atoms with Gasteiger partial charge in [-0.2, -0.15) is 0 Å². The third-order valence-electron chi connectivity index (χ3n) is 6.68. The number of halogens is 3. The average Bonchev–Trinajstić information content (AvgIpc) is 3.29. The first-order chi connectivity index (χ1) is 16.7. The predicted octanol–water partition coefficient (Wildman–Crippen LogP) is 5.79. The Morgan fingerprint density at radius 2 is 1.80 bits per heavy atom. The summed E-state index contributed by atoms with van der Waals surface area (Å²) in [5, 5.41) is 19.7. The molecule has 1 saturated heterocycles. The van der Waals surface area contributed by atoms with Crippen molar-refractivity contribution in [2.45, 2.75) is 37.1 Å². The summed E-state index contributed by atoms with van der Waals surface area (Å²) in [6, 6.07) is 15.8. The molecule has 0 radical (unpaired) electrons. The molecule has 0 unspecified atom stereocenters. The smallest absolute Gasteiger partial charge is 0.256 e. The molecule has 3 aromatic carbocycles. The molecular formula is C25H20Cl3N3O4. The quantitative estimate of drug-likeness (QED) is 0.320. The molecule has 0 aromatic heterocycles. The molecular weight excluding hydrogens is 513 g/mol. The van der Waals surface area contributed by atoms with Crippen LogP contribution in [0.2, 0.25) is 15.1 Å². The fourth-order valence-corrected chi connectivity index (χ4v) is 5.75. The number of benzene rings is 3. The fourth-order valence-electron chi connectivity index (χ4n) is 5.19. The molecule has 3 aromatic rings. The van der Waals surface area contributed by atoms with Crippen molar-refractivity contribution in [3.63, 3.8) is 0 Å². The molecule has 2 aliphatic heterocycles. The van der Waals surface area contributed by atoms with Gasteiger partial charge in [0.2, 0.25) is 0 Å². The van der Waals surface area contributed by atoms with Crippen LogP contribution in [0.5, 0.6) is 5.75 Å². The van der Waals surface area contributed by atoms with Gasteiger partial charge in [0.1, 0.15) is 12.4 Å². The number of hydrogen-bond acceptors (Lipinski definition) is 5. The minimum atomic E-state index is -1.47. The van der Waals surface area contributed by atoms with Crippen molar-refractivity contribution in [2.24, 2.45) is 0 Å². The van der Waals surface area contributed by atoms with Crippen LogP contribution in [0.3, 0.4) is 0 Å². The summed E-state index contributed by atoms with van der Waals surface area (Å²) in [5.41, 5.74) is 1.14. The van der Waals surface area contributed by atoms with Gasteiger partial charge in [-0.05, 0) is 48.4 Å². The van der Waals surface area contributed by atoms with Gasteiger partial charge in [0, 0.05) is 22.2 Å². The van der Waals surface area contributed by atoms with Crippen molar-refractivity contribution in [1.82, 2.24) is 5.32 Å². The van der Waals surface area contributed by atoms with Gasteiger partial charge in [-0.25, -0.2) is 0 Å². The van der Waals surface area contributed by atoms with Crippen LogP contribution in [-0.4, -0.2) is 22.9 Å². The van der Waals surface area contributed by atoms with Crippen LogP contribution in [0, 0.1) is 10.1 Å². The van der Waals surface area contributed by atoms with E-state index in [0.717, 1.165) is 5.56 Å². The van der Waals surface area contributed by atoms with Crippen molar-refractivity contribution in [1.29, 1.82) is 0 Å². The number of hydrogen-bond donors (Lipinski definition) is 2. The molecule has 0 bridgehead atoms. The first-order valence-electron chi connectivity index (χ1n) is 10.9. The molecule has 2 aliphatic rings. The summed E-state index contributed by atoms with van der Waals surface area (Å²) in [5.74, 6) is -0.609. The van der Waals surface area contributed by atoms with E-state index in [1.165, 1.54) is 0 Å². The predicted molar refractivity (Wildman–Crippen MR) is 135 cm³/mol.